The highest BCUT2D eigenvalue weighted by Gasteiger charge is 2.32. The van der Waals surface area contributed by atoms with Crippen LogP contribution in [0.4, 0.5) is 11.4 Å². The first-order chi connectivity index (χ1) is 14.6. The van der Waals surface area contributed by atoms with E-state index in [9.17, 15) is 13.2 Å². The first-order valence-electron chi connectivity index (χ1n) is 10.8. The number of carbonyl (C=O) groups excluding carboxylic acids is 1. The molecule has 1 N–H and O–H groups in total. The van der Waals surface area contributed by atoms with Crippen LogP contribution in [0.5, 0.6) is 0 Å². The van der Waals surface area contributed by atoms with Crippen molar-refractivity contribution in [2.75, 3.05) is 28.6 Å². The van der Waals surface area contributed by atoms with Crippen molar-refractivity contribution >= 4 is 27.3 Å². The molecule has 170 valence electrons. The van der Waals surface area contributed by atoms with E-state index in [4.69, 9.17) is 0 Å². The minimum atomic E-state index is -3.65. The Morgan fingerprint density at radius 1 is 1.00 bits per heavy atom. The number of rotatable bonds is 10. The molecule has 2 aromatic carbocycles. The number of anilines is 2. The molecule has 0 bridgehead atoms. The average molecular weight is 446 g/mol. The van der Waals surface area contributed by atoms with E-state index in [1.807, 2.05) is 63.2 Å². The fraction of sp³-hybridized carbons (Fsp3) is 0.458. The van der Waals surface area contributed by atoms with Crippen molar-refractivity contribution in [3.63, 3.8) is 0 Å². The van der Waals surface area contributed by atoms with E-state index in [-0.39, 0.29) is 5.91 Å². The van der Waals surface area contributed by atoms with Crippen LogP contribution in [0.15, 0.2) is 42.5 Å². The highest BCUT2D eigenvalue weighted by atomic mass is 32.2. The van der Waals surface area contributed by atoms with Gasteiger partial charge < -0.3 is 10.2 Å². The van der Waals surface area contributed by atoms with Crippen molar-refractivity contribution in [3.05, 3.63) is 59.2 Å². The molecule has 0 radical (unpaired) electrons. The van der Waals surface area contributed by atoms with Gasteiger partial charge in [0.2, 0.25) is 15.9 Å². The normalized spacial score (nSPS) is 12.3. The van der Waals surface area contributed by atoms with Gasteiger partial charge in [0.15, 0.2) is 0 Å². The second-order valence-corrected chi connectivity index (χ2v) is 9.69. The molecule has 1 amide bonds. The van der Waals surface area contributed by atoms with Gasteiger partial charge in [0.05, 0.1) is 11.9 Å². The third-order valence-corrected chi connectivity index (χ3v) is 6.63. The van der Waals surface area contributed by atoms with Crippen LogP contribution < -0.4 is 14.5 Å². The molecule has 0 fully saturated rings. The summed E-state index contributed by atoms with van der Waals surface area (Å²) in [6, 6.07) is 12.9. The number of hydrogen-bond donors (Lipinski definition) is 1. The van der Waals surface area contributed by atoms with Gasteiger partial charge in [0.1, 0.15) is 6.04 Å². The topological polar surface area (TPSA) is 69.7 Å². The molecule has 0 saturated carbocycles. The van der Waals surface area contributed by atoms with Crippen LogP contribution in [0, 0.1) is 13.8 Å². The van der Waals surface area contributed by atoms with E-state index in [0.717, 1.165) is 41.7 Å². The van der Waals surface area contributed by atoms with Crippen molar-refractivity contribution in [1.29, 1.82) is 0 Å². The van der Waals surface area contributed by atoms with E-state index in [1.165, 1.54) is 4.31 Å². The minimum Gasteiger partial charge on any atom is -0.372 e. The Bertz CT molecular complexity index is 984. The van der Waals surface area contributed by atoms with E-state index in [0.29, 0.717) is 18.7 Å². The molecular formula is C24H35N3O3S. The lowest BCUT2D eigenvalue weighted by Crippen LogP contribution is -2.49. The number of benzene rings is 2. The summed E-state index contributed by atoms with van der Waals surface area (Å²) >= 11 is 0. The molecule has 0 aliphatic rings. The number of sulfonamides is 1. The first kappa shape index (κ1) is 24.7. The number of hydrogen-bond acceptors (Lipinski definition) is 4. The monoisotopic (exact) mass is 445 g/mol. The maximum Gasteiger partial charge on any atom is 0.244 e. The van der Waals surface area contributed by atoms with Crippen molar-refractivity contribution in [2.24, 2.45) is 0 Å². The number of aryl methyl sites for hydroxylation is 2. The fourth-order valence-electron chi connectivity index (χ4n) is 3.71. The standard InChI is InChI=1S/C24H35N3O3S/c1-7-22(27(31(6,29)30)23-16-18(4)10-11-19(23)5)24(28)25-17-20-12-14-21(15-13-20)26(8-2)9-3/h10-16,22H,7-9,17H2,1-6H3,(H,25,28)/t22-/m0/s1. The van der Waals surface area contributed by atoms with Gasteiger partial charge in [-0.3, -0.25) is 9.10 Å². The smallest absolute Gasteiger partial charge is 0.244 e. The minimum absolute atomic E-state index is 0.304. The van der Waals surface area contributed by atoms with Crippen molar-refractivity contribution < 1.29 is 13.2 Å². The summed E-state index contributed by atoms with van der Waals surface area (Å²) in [5, 5.41) is 2.92. The first-order valence-corrected chi connectivity index (χ1v) is 12.6. The molecule has 2 aromatic rings. The Kier molecular flexibility index (Phi) is 8.51. The third kappa shape index (κ3) is 6.23. The Labute approximate surface area is 187 Å². The van der Waals surface area contributed by atoms with E-state index >= 15 is 0 Å². The molecule has 0 aromatic heterocycles. The van der Waals surface area contributed by atoms with Crippen LogP contribution in [-0.2, 0) is 21.4 Å². The second kappa shape index (κ2) is 10.7. The number of carbonyl (C=O) groups is 1. The molecule has 2 rings (SSSR count). The lowest BCUT2D eigenvalue weighted by Gasteiger charge is -2.31. The van der Waals surface area contributed by atoms with Gasteiger partial charge in [-0.15, -0.1) is 0 Å². The zero-order chi connectivity index (χ0) is 23.2. The van der Waals surface area contributed by atoms with Gasteiger partial charge >= 0.3 is 0 Å². The summed E-state index contributed by atoms with van der Waals surface area (Å²) in [7, 11) is -3.65. The van der Waals surface area contributed by atoms with E-state index < -0.39 is 16.1 Å². The Balaban J connectivity index is 2.21. The van der Waals surface area contributed by atoms with Crippen LogP contribution in [0.3, 0.4) is 0 Å². The maximum atomic E-state index is 13.0. The maximum absolute atomic E-state index is 13.0. The molecular weight excluding hydrogens is 410 g/mol. The quantitative estimate of drug-likeness (QED) is 0.600. The number of amides is 1. The zero-order valence-electron chi connectivity index (χ0n) is 19.5. The predicted molar refractivity (Wildman–Crippen MR) is 129 cm³/mol. The van der Waals surface area contributed by atoms with E-state index in [2.05, 4.69) is 24.1 Å². The van der Waals surface area contributed by atoms with Gasteiger partial charge in [-0.05, 0) is 69.0 Å². The number of nitrogens with zero attached hydrogens (tertiary/aromatic N) is 2. The van der Waals surface area contributed by atoms with Crippen molar-refractivity contribution in [2.45, 2.75) is 53.6 Å². The summed E-state index contributed by atoms with van der Waals surface area (Å²) in [5.74, 6) is -0.304. The Morgan fingerprint density at radius 2 is 1.61 bits per heavy atom. The van der Waals surface area contributed by atoms with Crippen molar-refractivity contribution in [1.82, 2.24) is 5.32 Å². The number of nitrogens with one attached hydrogen (secondary N) is 1. The predicted octanol–water partition coefficient (Wildman–Crippen LogP) is 4.01. The van der Waals surface area contributed by atoms with Crippen LogP contribution in [0.2, 0.25) is 0 Å². The largest absolute Gasteiger partial charge is 0.372 e. The summed E-state index contributed by atoms with van der Waals surface area (Å²) in [5.41, 5.74) is 4.42. The van der Waals surface area contributed by atoms with E-state index in [1.54, 1.807) is 0 Å². The summed E-state index contributed by atoms with van der Waals surface area (Å²) in [4.78, 5) is 15.3. The molecule has 0 aliphatic heterocycles. The molecule has 31 heavy (non-hydrogen) atoms. The molecule has 7 heteroatoms. The van der Waals surface area contributed by atoms with Crippen LogP contribution in [0.1, 0.15) is 43.9 Å². The lowest BCUT2D eigenvalue weighted by atomic mass is 10.1. The lowest BCUT2D eigenvalue weighted by molar-refractivity contribution is -0.122. The summed E-state index contributed by atoms with van der Waals surface area (Å²) in [6.45, 7) is 12.0. The van der Waals surface area contributed by atoms with Crippen LogP contribution in [0.25, 0.3) is 0 Å². The highest BCUT2D eigenvalue weighted by Crippen LogP contribution is 2.27. The highest BCUT2D eigenvalue weighted by molar-refractivity contribution is 7.92. The second-order valence-electron chi connectivity index (χ2n) is 7.83. The van der Waals surface area contributed by atoms with Gasteiger partial charge in [0.25, 0.3) is 0 Å². The summed E-state index contributed by atoms with van der Waals surface area (Å²) in [6.07, 6.45) is 1.52. The van der Waals surface area contributed by atoms with Crippen LogP contribution >= 0.6 is 0 Å². The Hall–Kier alpha value is -2.54. The molecule has 0 spiro atoms. The zero-order valence-corrected chi connectivity index (χ0v) is 20.3. The molecule has 0 heterocycles. The molecule has 0 unspecified atom stereocenters. The fourth-order valence-corrected chi connectivity index (χ4v) is 4.97. The third-order valence-electron chi connectivity index (χ3n) is 5.46. The summed E-state index contributed by atoms with van der Waals surface area (Å²) < 4.78 is 26.6. The van der Waals surface area contributed by atoms with Crippen molar-refractivity contribution in [3.8, 4) is 0 Å². The molecule has 1 atom stereocenters. The van der Waals surface area contributed by atoms with Gasteiger partial charge in [-0.25, -0.2) is 8.42 Å². The SMILES string of the molecule is CC[C@@H](C(=O)NCc1ccc(N(CC)CC)cc1)N(c1cc(C)ccc1C)S(C)(=O)=O. The Morgan fingerprint density at radius 3 is 2.13 bits per heavy atom. The van der Waals surface area contributed by atoms with Gasteiger partial charge in [0, 0.05) is 25.3 Å². The van der Waals surface area contributed by atoms with Gasteiger partial charge in [-0.2, -0.15) is 0 Å². The molecule has 0 aliphatic carbocycles. The van der Waals surface area contributed by atoms with Crippen LogP contribution in [-0.4, -0.2) is 39.7 Å². The molecule has 6 nitrogen and oxygen atoms in total. The van der Waals surface area contributed by atoms with Gasteiger partial charge in [-0.1, -0.05) is 31.2 Å². The molecule has 0 saturated heterocycles. The average Bonchev–Trinajstić information content (AvgIpc) is 2.73.